The van der Waals surface area contributed by atoms with Crippen LogP contribution in [0.1, 0.15) is 33.1 Å². The Morgan fingerprint density at radius 1 is 1.06 bits per heavy atom. The maximum Gasteiger partial charge on any atom is 0.236 e. The topological polar surface area (TPSA) is 35.6 Å². The summed E-state index contributed by atoms with van der Waals surface area (Å²) in [5, 5.41) is 3.29. The van der Waals surface area contributed by atoms with E-state index in [9.17, 15) is 4.79 Å². The molecule has 0 spiro atoms. The van der Waals surface area contributed by atoms with Gasteiger partial charge in [-0.05, 0) is 12.8 Å². The highest BCUT2D eigenvalue weighted by Gasteiger charge is 2.20. The Labute approximate surface area is 105 Å². The van der Waals surface area contributed by atoms with Crippen LogP contribution >= 0.6 is 0 Å². The van der Waals surface area contributed by atoms with Crippen LogP contribution in [-0.4, -0.2) is 61.5 Å². The van der Waals surface area contributed by atoms with Crippen molar-refractivity contribution in [2.24, 2.45) is 0 Å². The number of rotatable bonds is 2. The zero-order valence-electron chi connectivity index (χ0n) is 11.4. The summed E-state index contributed by atoms with van der Waals surface area (Å²) in [6, 6.07) is 0. The minimum Gasteiger partial charge on any atom is -0.342 e. The van der Waals surface area contributed by atoms with Crippen LogP contribution < -0.4 is 5.32 Å². The fourth-order valence-corrected chi connectivity index (χ4v) is 2.13. The third-order valence-corrected chi connectivity index (χ3v) is 3.03. The molecule has 2 fully saturated rings. The van der Waals surface area contributed by atoms with Gasteiger partial charge in [0.15, 0.2) is 0 Å². The monoisotopic (exact) mass is 241 g/mol. The summed E-state index contributed by atoms with van der Waals surface area (Å²) in [5.74, 6) is 0.324. The molecule has 4 heteroatoms. The minimum atomic E-state index is 0.324. The van der Waals surface area contributed by atoms with E-state index < -0.39 is 0 Å². The van der Waals surface area contributed by atoms with E-state index in [1.807, 2.05) is 4.90 Å². The molecular weight excluding hydrogens is 214 g/mol. The summed E-state index contributed by atoms with van der Waals surface area (Å²) < 4.78 is 0. The SMILES string of the molecule is CCC.O=C(CN1CCNCC1)N1CCCC1. The van der Waals surface area contributed by atoms with E-state index in [0.717, 1.165) is 39.3 Å². The van der Waals surface area contributed by atoms with Crippen LogP contribution in [-0.2, 0) is 4.79 Å². The van der Waals surface area contributed by atoms with Gasteiger partial charge in [0, 0.05) is 39.3 Å². The molecule has 0 atom stereocenters. The molecule has 0 aromatic heterocycles. The first-order valence-electron chi connectivity index (χ1n) is 6.98. The van der Waals surface area contributed by atoms with Crippen LogP contribution in [0.3, 0.4) is 0 Å². The van der Waals surface area contributed by atoms with Gasteiger partial charge >= 0.3 is 0 Å². The van der Waals surface area contributed by atoms with Crippen molar-refractivity contribution in [3.8, 4) is 0 Å². The Hall–Kier alpha value is -0.610. The van der Waals surface area contributed by atoms with E-state index in [-0.39, 0.29) is 0 Å². The van der Waals surface area contributed by atoms with Crippen molar-refractivity contribution < 1.29 is 4.79 Å². The van der Waals surface area contributed by atoms with Gasteiger partial charge in [-0.1, -0.05) is 20.3 Å². The standard InChI is InChI=1S/C10H19N3O.C3H8/c14-10(13-5-1-2-6-13)9-12-7-3-11-4-8-12;1-3-2/h11H,1-9H2;3H2,1-2H3. The largest absolute Gasteiger partial charge is 0.342 e. The molecule has 2 heterocycles. The van der Waals surface area contributed by atoms with E-state index in [1.54, 1.807) is 0 Å². The van der Waals surface area contributed by atoms with Gasteiger partial charge in [0.05, 0.1) is 6.54 Å². The normalized spacial score (nSPS) is 20.9. The summed E-state index contributed by atoms with van der Waals surface area (Å²) in [4.78, 5) is 16.0. The molecular formula is C13H27N3O. The first-order valence-corrected chi connectivity index (χ1v) is 6.98. The van der Waals surface area contributed by atoms with E-state index in [4.69, 9.17) is 0 Å². The van der Waals surface area contributed by atoms with Crippen molar-refractivity contribution in [3.63, 3.8) is 0 Å². The lowest BCUT2D eigenvalue weighted by Crippen LogP contribution is -2.48. The van der Waals surface area contributed by atoms with Gasteiger partial charge in [-0.25, -0.2) is 0 Å². The molecule has 0 aromatic rings. The third-order valence-electron chi connectivity index (χ3n) is 3.03. The molecule has 0 saturated carbocycles. The molecule has 17 heavy (non-hydrogen) atoms. The molecule has 0 radical (unpaired) electrons. The van der Waals surface area contributed by atoms with Crippen molar-refractivity contribution in [2.75, 3.05) is 45.8 Å². The average molecular weight is 241 g/mol. The smallest absolute Gasteiger partial charge is 0.236 e. The van der Waals surface area contributed by atoms with Crippen molar-refractivity contribution in [2.45, 2.75) is 33.1 Å². The first kappa shape index (κ1) is 14.5. The van der Waals surface area contributed by atoms with Crippen LogP contribution in [0.25, 0.3) is 0 Å². The molecule has 1 N–H and O–H groups in total. The Kier molecular flexibility index (Phi) is 7.21. The van der Waals surface area contributed by atoms with Crippen molar-refractivity contribution in [1.29, 1.82) is 0 Å². The molecule has 0 unspecified atom stereocenters. The van der Waals surface area contributed by atoms with Crippen LogP contribution in [0.2, 0.25) is 0 Å². The predicted octanol–water partition coefficient (Wildman–Crippen LogP) is 0.930. The number of carbonyl (C=O) groups is 1. The summed E-state index contributed by atoms with van der Waals surface area (Å²) in [7, 11) is 0. The highest BCUT2D eigenvalue weighted by atomic mass is 16.2. The first-order chi connectivity index (χ1) is 8.27. The number of likely N-dealkylation sites (tertiary alicyclic amines) is 1. The maximum atomic E-state index is 11.8. The van der Waals surface area contributed by atoms with Gasteiger partial charge in [0.25, 0.3) is 0 Å². The lowest BCUT2D eigenvalue weighted by molar-refractivity contribution is -0.131. The quantitative estimate of drug-likeness (QED) is 0.781. The summed E-state index contributed by atoms with van der Waals surface area (Å²) >= 11 is 0. The number of hydrogen-bond acceptors (Lipinski definition) is 3. The Balaban J connectivity index is 0.000000437. The second kappa shape index (κ2) is 8.48. The van der Waals surface area contributed by atoms with Gasteiger partial charge in [0.2, 0.25) is 5.91 Å². The number of piperazine rings is 1. The molecule has 2 aliphatic heterocycles. The van der Waals surface area contributed by atoms with E-state index >= 15 is 0 Å². The third kappa shape index (κ3) is 5.50. The van der Waals surface area contributed by atoms with Gasteiger partial charge in [0.1, 0.15) is 0 Å². The summed E-state index contributed by atoms with van der Waals surface area (Å²) in [5.41, 5.74) is 0. The molecule has 4 nitrogen and oxygen atoms in total. The van der Waals surface area contributed by atoms with Crippen LogP contribution in [0.15, 0.2) is 0 Å². The number of nitrogens with zero attached hydrogens (tertiary/aromatic N) is 2. The van der Waals surface area contributed by atoms with Crippen molar-refractivity contribution >= 4 is 5.91 Å². The molecule has 0 bridgehead atoms. The van der Waals surface area contributed by atoms with Gasteiger partial charge in [-0.15, -0.1) is 0 Å². The average Bonchev–Trinajstić information content (AvgIpc) is 2.85. The second-order valence-corrected chi connectivity index (χ2v) is 4.82. The highest BCUT2D eigenvalue weighted by molar-refractivity contribution is 5.78. The van der Waals surface area contributed by atoms with Crippen molar-refractivity contribution in [1.82, 2.24) is 15.1 Å². The van der Waals surface area contributed by atoms with Gasteiger partial charge in [-0.3, -0.25) is 9.69 Å². The number of carbonyl (C=O) groups excluding carboxylic acids is 1. The Morgan fingerprint density at radius 3 is 2.12 bits per heavy atom. The molecule has 2 saturated heterocycles. The van der Waals surface area contributed by atoms with E-state index in [1.165, 1.54) is 19.3 Å². The number of amides is 1. The van der Waals surface area contributed by atoms with E-state index in [0.29, 0.717) is 12.5 Å². The predicted molar refractivity (Wildman–Crippen MR) is 71.1 cm³/mol. The van der Waals surface area contributed by atoms with Crippen LogP contribution in [0.4, 0.5) is 0 Å². The molecule has 2 rings (SSSR count). The molecule has 100 valence electrons. The lowest BCUT2D eigenvalue weighted by atomic mass is 10.3. The van der Waals surface area contributed by atoms with Crippen molar-refractivity contribution in [3.05, 3.63) is 0 Å². The maximum absolute atomic E-state index is 11.8. The Bertz CT molecular complexity index is 209. The number of nitrogens with one attached hydrogen (secondary N) is 1. The lowest BCUT2D eigenvalue weighted by Gasteiger charge is -2.28. The zero-order valence-corrected chi connectivity index (χ0v) is 11.4. The second-order valence-electron chi connectivity index (χ2n) is 4.82. The number of hydrogen-bond donors (Lipinski definition) is 1. The fourth-order valence-electron chi connectivity index (χ4n) is 2.13. The summed E-state index contributed by atoms with van der Waals surface area (Å²) in [6.07, 6.45) is 3.63. The summed E-state index contributed by atoms with van der Waals surface area (Å²) in [6.45, 7) is 10.9. The zero-order chi connectivity index (χ0) is 12.5. The molecule has 0 aliphatic carbocycles. The minimum absolute atomic E-state index is 0.324. The van der Waals surface area contributed by atoms with Gasteiger partial charge < -0.3 is 10.2 Å². The molecule has 1 amide bonds. The van der Waals surface area contributed by atoms with Gasteiger partial charge in [-0.2, -0.15) is 0 Å². The fraction of sp³-hybridized carbons (Fsp3) is 0.923. The van der Waals surface area contributed by atoms with Crippen LogP contribution in [0, 0.1) is 0 Å². The van der Waals surface area contributed by atoms with Crippen LogP contribution in [0.5, 0.6) is 0 Å². The van der Waals surface area contributed by atoms with E-state index in [2.05, 4.69) is 24.1 Å². The molecule has 2 aliphatic rings. The highest BCUT2D eigenvalue weighted by Crippen LogP contribution is 2.08. The molecule has 0 aromatic carbocycles. The Morgan fingerprint density at radius 2 is 1.59 bits per heavy atom.